The molecule has 2 aromatic heterocycles. The van der Waals surface area contributed by atoms with Gasteiger partial charge in [0.25, 0.3) is 5.91 Å². The zero-order valence-corrected chi connectivity index (χ0v) is 14.3. The fourth-order valence-corrected chi connectivity index (χ4v) is 2.55. The molecule has 1 N–H and O–H groups in total. The van der Waals surface area contributed by atoms with Crippen LogP contribution in [0.15, 0.2) is 53.6 Å². The average molecular weight is 379 g/mol. The van der Waals surface area contributed by atoms with Gasteiger partial charge in [-0.15, -0.1) is 5.10 Å². The van der Waals surface area contributed by atoms with E-state index in [9.17, 15) is 22.8 Å². The highest BCUT2D eigenvalue weighted by Gasteiger charge is 2.37. The van der Waals surface area contributed by atoms with Crippen molar-refractivity contribution in [2.75, 3.05) is 6.54 Å². The molecule has 10 heteroatoms. The summed E-state index contributed by atoms with van der Waals surface area (Å²) >= 11 is 0. The molecule has 7 nitrogen and oxygen atoms in total. The Morgan fingerprint density at radius 2 is 1.78 bits per heavy atom. The maximum Gasteiger partial charge on any atom is 0.451 e. The molecule has 0 unspecified atom stereocenters. The number of carbonyl (C=O) groups excluding carboxylic acids is 1. The smallest absolute Gasteiger partial charge is 0.350 e. The number of benzene rings is 1. The number of amides is 1. The second kappa shape index (κ2) is 7.14. The predicted octanol–water partition coefficient (Wildman–Crippen LogP) is 1.82. The van der Waals surface area contributed by atoms with Gasteiger partial charge in [0, 0.05) is 37.2 Å². The van der Waals surface area contributed by atoms with Gasteiger partial charge >= 0.3 is 11.9 Å². The highest BCUT2D eigenvalue weighted by Crippen LogP contribution is 2.25. The van der Waals surface area contributed by atoms with Crippen molar-refractivity contribution in [1.82, 2.24) is 24.2 Å². The zero-order chi connectivity index (χ0) is 19.6. The molecule has 0 radical (unpaired) electrons. The zero-order valence-electron chi connectivity index (χ0n) is 14.3. The van der Waals surface area contributed by atoms with Gasteiger partial charge in [0.2, 0.25) is 5.82 Å². The van der Waals surface area contributed by atoms with E-state index in [1.807, 2.05) is 29.1 Å². The molecule has 0 saturated heterocycles. The van der Waals surface area contributed by atoms with Crippen molar-refractivity contribution in [3.63, 3.8) is 0 Å². The third-order valence-corrected chi connectivity index (χ3v) is 3.94. The number of nitrogens with one attached hydrogen (secondary N) is 1. The highest BCUT2D eigenvalue weighted by atomic mass is 19.4. The SMILES string of the molecule is Cn1c(C(F)(F)F)nn(CCNC(=O)c2ccc(-n3cccc3)cc2)c1=O. The molecule has 3 rings (SSSR count). The first-order valence-electron chi connectivity index (χ1n) is 8.00. The lowest BCUT2D eigenvalue weighted by atomic mass is 10.2. The van der Waals surface area contributed by atoms with E-state index < -0.39 is 23.6 Å². The Balaban J connectivity index is 1.61. The fraction of sp³-hybridized carbons (Fsp3) is 0.235. The van der Waals surface area contributed by atoms with E-state index in [1.54, 1.807) is 24.3 Å². The lowest BCUT2D eigenvalue weighted by Gasteiger charge is -2.07. The van der Waals surface area contributed by atoms with E-state index in [2.05, 4.69) is 10.4 Å². The summed E-state index contributed by atoms with van der Waals surface area (Å²) < 4.78 is 41.2. The normalized spacial score (nSPS) is 11.6. The van der Waals surface area contributed by atoms with Gasteiger partial charge < -0.3 is 9.88 Å². The summed E-state index contributed by atoms with van der Waals surface area (Å²) in [6.45, 7) is -0.206. The third-order valence-electron chi connectivity index (χ3n) is 3.94. The van der Waals surface area contributed by atoms with Crippen molar-refractivity contribution in [2.45, 2.75) is 12.7 Å². The molecule has 0 atom stereocenters. The number of aromatic nitrogens is 4. The minimum absolute atomic E-state index is 0.0353. The molecule has 0 bridgehead atoms. The number of hydrogen-bond donors (Lipinski definition) is 1. The van der Waals surface area contributed by atoms with Crippen molar-refractivity contribution < 1.29 is 18.0 Å². The monoisotopic (exact) mass is 379 g/mol. The Kier molecular flexibility index (Phi) is 4.89. The van der Waals surface area contributed by atoms with Crippen LogP contribution in [0.2, 0.25) is 0 Å². The Hall–Kier alpha value is -3.30. The van der Waals surface area contributed by atoms with Crippen molar-refractivity contribution in [3.8, 4) is 5.69 Å². The average Bonchev–Trinajstić information content (AvgIpc) is 3.25. The van der Waals surface area contributed by atoms with Crippen LogP contribution in [0.3, 0.4) is 0 Å². The predicted molar refractivity (Wildman–Crippen MR) is 90.6 cm³/mol. The summed E-state index contributed by atoms with van der Waals surface area (Å²) in [5, 5.41) is 5.84. The van der Waals surface area contributed by atoms with Crippen LogP contribution >= 0.6 is 0 Å². The Bertz CT molecular complexity index is 985. The lowest BCUT2D eigenvalue weighted by Crippen LogP contribution is -2.31. The topological polar surface area (TPSA) is 73.8 Å². The largest absolute Gasteiger partial charge is 0.451 e. The second-order valence-electron chi connectivity index (χ2n) is 5.78. The summed E-state index contributed by atoms with van der Waals surface area (Å²) in [6, 6.07) is 10.6. The second-order valence-corrected chi connectivity index (χ2v) is 5.78. The van der Waals surface area contributed by atoms with Crippen LogP contribution in [0.1, 0.15) is 16.2 Å². The van der Waals surface area contributed by atoms with Gasteiger partial charge in [0.05, 0.1) is 6.54 Å². The van der Waals surface area contributed by atoms with Crippen LogP contribution in [0.4, 0.5) is 13.2 Å². The van der Waals surface area contributed by atoms with Gasteiger partial charge in [0.1, 0.15) is 0 Å². The summed E-state index contributed by atoms with van der Waals surface area (Å²) in [5.74, 6) is -1.67. The first-order valence-corrected chi connectivity index (χ1v) is 8.00. The van der Waals surface area contributed by atoms with Gasteiger partial charge in [0.15, 0.2) is 0 Å². The van der Waals surface area contributed by atoms with Gasteiger partial charge in [-0.25, -0.2) is 9.48 Å². The molecule has 0 saturated carbocycles. The quantitative estimate of drug-likeness (QED) is 0.735. The molecule has 1 aromatic carbocycles. The van der Waals surface area contributed by atoms with Crippen molar-refractivity contribution >= 4 is 5.91 Å². The Labute approximate surface area is 151 Å². The molecule has 3 aromatic rings. The van der Waals surface area contributed by atoms with Crippen LogP contribution in [-0.2, 0) is 19.8 Å². The Morgan fingerprint density at radius 1 is 1.15 bits per heavy atom. The fourth-order valence-electron chi connectivity index (χ4n) is 2.55. The van der Waals surface area contributed by atoms with Crippen LogP contribution in [0.25, 0.3) is 5.69 Å². The third kappa shape index (κ3) is 3.94. The number of carbonyl (C=O) groups is 1. The standard InChI is InChI=1S/C17H16F3N5O2/c1-23-15(17(18,19)20)22-25(16(23)27)11-8-21-14(26)12-4-6-13(7-5-12)24-9-2-3-10-24/h2-7,9-10H,8,11H2,1H3,(H,21,26). The van der Waals surface area contributed by atoms with E-state index in [0.29, 0.717) is 14.8 Å². The van der Waals surface area contributed by atoms with Crippen molar-refractivity contribution in [2.24, 2.45) is 7.05 Å². The number of halogens is 3. The molecule has 0 aliphatic rings. The summed E-state index contributed by atoms with van der Waals surface area (Å²) in [7, 11) is 1.000. The molecule has 2 heterocycles. The van der Waals surface area contributed by atoms with E-state index in [0.717, 1.165) is 12.7 Å². The number of alkyl halides is 3. The minimum atomic E-state index is -4.72. The maximum absolute atomic E-state index is 12.7. The van der Waals surface area contributed by atoms with E-state index in [4.69, 9.17) is 0 Å². The highest BCUT2D eigenvalue weighted by molar-refractivity contribution is 5.94. The molecule has 142 valence electrons. The summed E-state index contributed by atoms with van der Waals surface area (Å²) in [5.41, 5.74) is 0.388. The first kappa shape index (κ1) is 18.5. The van der Waals surface area contributed by atoms with Crippen molar-refractivity contribution in [3.05, 3.63) is 70.7 Å². The van der Waals surface area contributed by atoms with Crippen LogP contribution in [0.5, 0.6) is 0 Å². The molecular formula is C17H16F3N5O2. The number of nitrogens with zero attached hydrogens (tertiary/aromatic N) is 4. The van der Waals surface area contributed by atoms with Gasteiger partial charge in [-0.2, -0.15) is 13.2 Å². The molecular weight excluding hydrogens is 363 g/mol. The first-order chi connectivity index (χ1) is 12.8. The van der Waals surface area contributed by atoms with Gasteiger partial charge in [-0.1, -0.05) is 0 Å². The number of hydrogen-bond acceptors (Lipinski definition) is 3. The Morgan fingerprint density at radius 3 is 2.33 bits per heavy atom. The molecule has 0 spiro atoms. The molecule has 27 heavy (non-hydrogen) atoms. The molecule has 0 aliphatic heterocycles. The van der Waals surface area contributed by atoms with Crippen LogP contribution < -0.4 is 11.0 Å². The minimum Gasteiger partial charge on any atom is -0.350 e. The van der Waals surface area contributed by atoms with Gasteiger partial charge in [-0.3, -0.25) is 9.36 Å². The van der Waals surface area contributed by atoms with E-state index >= 15 is 0 Å². The van der Waals surface area contributed by atoms with Crippen LogP contribution in [-0.4, -0.2) is 31.4 Å². The van der Waals surface area contributed by atoms with E-state index in [1.165, 1.54) is 0 Å². The van der Waals surface area contributed by atoms with Crippen LogP contribution in [0, 0.1) is 0 Å². The molecule has 0 fully saturated rings. The molecule has 0 aliphatic carbocycles. The van der Waals surface area contributed by atoms with Gasteiger partial charge in [-0.05, 0) is 36.4 Å². The summed E-state index contributed by atoms with van der Waals surface area (Å²) in [6.07, 6.45) is -0.979. The molecule has 1 amide bonds. The lowest BCUT2D eigenvalue weighted by molar-refractivity contribution is -0.147. The maximum atomic E-state index is 12.7. The van der Waals surface area contributed by atoms with E-state index in [-0.39, 0.29) is 13.1 Å². The summed E-state index contributed by atoms with van der Waals surface area (Å²) in [4.78, 5) is 23.9. The number of rotatable bonds is 5. The van der Waals surface area contributed by atoms with Crippen molar-refractivity contribution in [1.29, 1.82) is 0 Å².